The number of hydrogen-bond acceptors (Lipinski definition) is 3. The molecule has 2 heterocycles. The fraction of sp³-hybridized carbons (Fsp3) is 0.909. The third kappa shape index (κ3) is 3.06. The summed E-state index contributed by atoms with van der Waals surface area (Å²) in [6, 6.07) is 0.651. The van der Waals surface area contributed by atoms with Crippen LogP contribution in [0.25, 0.3) is 0 Å². The summed E-state index contributed by atoms with van der Waals surface area (Å²) < 4.78 is 0.416. The second-order valence-corrected chi connectivity index (χ2v) is 7.28. The van der Waals surface area contributed by atoms with E-state index in [-0.39, 0.29) is 0 Å². The molecule has 0 spiro atoms. The normalized spacial score (nSPS) is 38.5. The molecular formula is C11H20N2S2. The molecule has 2 saturated heterocycles. The number of hydrogen-bond donors (Lipinski definition) is 1. The molecule has 2 aliphatic rings. The smallest absolute Gasteiger partial charge is 0.156 e. The van der Waals surface area contributed by atoms with Crippen LogP contribution in [0, 0.1) is 0 Å². The lowest BCUT2D eigenvalue weighted by Gasteiger charge is -2.19. The van der Waals surface area contributed by atoms with Gasteiger partial charge in [-0.25, -0.2) is 0 Å². The molecule has 0 aromatic heterocycles. The van der Waals surface area contributed by atoms with Crippen LogP contribution in [-0.2, 0) is 0 Å². The predicted molar refractivity (Wildman–Crippen MR) is 72.1 cm³/mol. The topological polar surface area (TPSA) is 24.4 Å². The molecular weight excluding hydrogens is 224 g/mol. The van der Waals surface area contributed by atoms with Crippen LogP contribution in [0.5, 0.6) is 0 Å². The highest BCUT2D eigenvalue weighted by Crippen LogP contribution is 2.38. The van der Waals surface area contributed by atoms with Crippen molar-refractivity contribution in [3.63, 3.8) is 0 Å². The monoisotopic (exact) mass is 244 g/mol. The summed E-state index contributed by atoms with van der Waals surface area (Å²) in [6.45, 7) is 5.57. The molecule has 1 N–H and O–H groups in total. The molecule has 2 nitrogen and oxygen atoms in total. The maximum atomic E-state index is 4.72. The van der Waals surface area contributed by atoms with Gasteiger partial charge in [-0.2, -0.15) is 11.8 Å². The molecule has 2 unspecified atom stereocenters. The van der Waals surface area contributed by atoms with E-state index < -0.39 is 0 Å². The molecule has 2 rings (SSSR count). The fourth-order valence-corrected chi connectivity index (χ4v) is 4.26. The van der Waals surface area contributed by atoms with Gasteiger partial charge in [-0.05, 0) is 31.9 Å². The van der Waals surface area contributed by atoms with Crippen LogP contribution >= 0.6 is 23.5 Å². The van der Waals surface area contributed by atoms with Crippen molar-refractivity contribution in [1.29, 1.82) is 0 Å². The molecule has 4 heteroatoms. The number of amidine groups is 1. The van der Waals surface area contributed by atoms with E-state index in [1.165, 1.54) is 35.9 Å². The van der Waals surface area contributed by atoms with Gasteiger partial charge in [0, 0.05) is 16.5 Å². The maximum absolute atomic E-state index is 4.72. The van der Waals surface area contributed by atoms with Crippen LogP contribution in [0.15, 0.2) is 4.99 Å². The van der Waals surface area contributed by atoms with Crippen molar-refractivity contribution in [2.75, 3.05) is 18.1 Å². The molecule has 2 aliphatic heterocycles. The largest absolute Gasteiger partial charge is 0.361 e. The first-order valence-corrected chi connectivity index (χ1v) is 7.77. The summed E-state index contributed by atoms with van der Waals surface area (Å²) in [5.41, 5.74) is 0. The Morgan fingerprint density at radius 1 is 1.60 bits per heavy atom. The minimum atomic E-state index is 0.416. The van der Waals surface area contributed by atoms with Gasteiger partial charge >= 0.3 is 0 Å². The van der Waals surface area contributed by atoms with Crippen molar-refractivity contribution in [2.45, 2.75) is 43.9 Å². The van der Waals surface area contributed by atoms with E-state index in [9.17, 15) is 0 Å². The summed E-state index contributed by atoms with van der Waals surface area (Å²) in [5.74, 6) is 2.51. The van der Waals surface area contributed by atoms with E-state index >= 15 is 0 Å². The van der Waals surface area contributed by atoms with Gasteiger partial charge in [0.25, 0.3) is 0 Å². The molecule has 0 aromatic rings. The molecule has 2 atom stereocenters. The zero-order valence-electron chi connectivity index (χ0n) is 9.58. The molecule has 2 fully saturated rings. The Balaban J connectivity index is 1.84. The summed E-state index contributed by atoms with van der Waals surface area (Å²) >= 11 is 3.98. The lowest BCUT2D eigenvalue weighted by atomic mass is 10.1. The van der Waals surface area contributed by atoms with E-state index in [1.54, 1.807) is 0 Å². The first-order chi connectivity index (χ1) is 7.22. The molecule has 15 heavy (non-hydrogen) atoms. The highest BCUT2D eigenvalue weighted by atomic mass is 32.2. The van der Waals surface area contributed by atoms with Gasteiger partial charge in [-0.15, -0.1) is 0 Å². The number of thioether (sulfide) groups is 2. The maximum Gasteiger partial charge on any atom is 0.156 e. The van der Waals surface area contributed by atoms with Crippen molar-refractivity contribution >= 4 is 28.7 Å². The molecule has 0 bridgehead atoms. The highest BCUT2D eigenvalue weighted by Gasteiger charge is 2.29. The van der Waals surface area contributed by atoms with Gasteiger partial charge in [0.1, 0.15) is 0 Å². The average molecular weight is 244 g/mol. The van der Waals surface area contributed by atoms with Crippen LogP contribution in [0.3, 0.4) is 0 Å². The minimum Gasteiger partial charge on any atom is -0.361 e. The Morgan fingerprint density at radius 2 is 2.47 bits per heavy atom. The van der Waals surface area contributed by atoms with Crippen LogP contribution < -0.4 is 5.32 Å². The lowest BCUT2D eigenvalue weighted by molar-refractivity contribution is 0.615. The van der Waals surface area contributed by atoms with Crippen LogP contribution in [-0.4, -0.2) is 34.0 Å². The number of aliphatic imine (C=N–C) groups is 1. The third-order valence-corrected chi connectivity index (χ3v) is 5.71. The Bertz CT molecular complexity index is 247. The minimum absolute atomic E-state index is 0.416. The first kappa shape index (κ1) is 11.6. The van der Waals surface area contributed by atoms with Crippen LogP contribution in [0.1, 0.15) is 33.1 Å². The molecule has 0 aromatic carbocycles. The van der Waals surface area contributed by atoms with E-state index in [1.807, 2.05) is 11.8 Å². The quantitative estimate of drug-likeness (QED) is 0.826. The van der Waals surface area contributed by atoms with E-state index in [2.05, 4.69) is 30.9 Å². The van der Waals surface area contributed by atoms with Crippen LogP contribution in [0.4, 0.5) is 0 Å². The average Bonchev–Trinajstić information content (AvgIpc) is 2.84. The molecule has 0 radical (unpaired) electrons. The number of rotatable bonds is 3. The van der Waals surface area contributed by atoms with Crippen molar-refractivity contribution in [1.82, 2.24) is 5.32 Å². The van der Waals surface area contributed by atoms with Gasteiger partial charge in [0.05, 0.1) is 6.54 Å². The summed E-state index contributed by atoms with van der Waals surface area (Å²) in [7, 11) is 0. The van der Waals surface area contributed by atoms with E-state index in [0.29, 0.717) is 10.8 Å². The summed E-state index contributed by atoms with van der Waals surface area (Å²) in [6.07, 6.45) is 3.90. The molecule has 0 saturated carbocycles. The number of nitrogens with zero attached hydrogens (tertiary/aromatic N) is 1. The van der Waals surface area contributed by atoms with Gasteiger partial charge < -0.3 is 5.32 Å². The van der Waals surface area contributed by atoms with Crippen molar-refractivity contribution < 1.29 is 0 Å². The second kappa shape index (κ2) is 5.00. The summed E-state index contributed by atoms with van der Waals surface area (Å²) in [5, 5.41) is 4.66. The van der Waals surface area contributed by atoms with E-state index in [0.717, 1.165) is 6.54 Å². The standard InChI is InChI=1S/C11H20N2S2/c1-3-9-7-14-10(13-9)12-8-11(2)5-4-6-15-11/h9H,3-8H2,1-2H3,(H,12,13). The third-order valence-electron chi connectivity index (χ3n) is 3.10. The first-order valence-electron chi connectivity index (χ1n) is 5.79. The van der Waals surface area contributed by atoms with Gasteiger partial charge in [-0.3, -0.25) is 4.99 Å². The Hall–Kier alpha value is 0.170. The predicted octanol–water partition coefficient (Wildman–Crippen LogP) is 2.74. The Kier molecular flexibility index (Phi) is 3.88. The second-order valence-electron chi connectivity index (χ2n) is 4.58. The SMILES string of the molecule is CCC1CSC(=NCC2(C)CCCS2)N1. The van der Waals surface area contributed by atoms with Gasteiger partial charge in [-0.1, -0.05) is 18.7 Å². The van der Waals surface area contributed by atoms with Crippen LogP contribution in [0.2, 0.25) is 0 Å². The summed E-state index contributed by atoms with van der Waals surface area (Å²) in [4.78, 5) is 4.72. The number of nitrogens with one attached hydrogen (secondary N) is 1. The van der Waals surface area contributed by atoms with Gasteiger partial charge in [0.2, 0.25) is 0 Å². The Labute approximate surface area is 101 Å². The zero-order valence-corrected chi connectivity index (χ0v) is 11.2. The van der Waals surface area contributed by atoms with Crippen molar-refractivity contribution in [3.8, 4) is 0 Å². The molecule has 86 valence electrons. The zero-order chi connectivity index (χ0) is 10.7. The molecule has 0 aliphatic carbocycles. The Morgan fingerprint density at radius 3 is 3.07 bits per heavy atom. The fourth-order valence-electron chi connectivity index (χ4n) is 1.95. The van der Waals surface area contributed by atoms with E-state index in [4.69, 9.17) is 4.99 Å². The lowest BCUT2D eigenvalue weighted by Crippen LogP contribution is -2.27. The van der Waals surface area contributed by atoms with Crippen molar-refractivity contribution in [3.05, 3.63) is 0 Å². The molecule has 0 amide bonds. The highest BCUT2D eigenvalue weighted by molar-refractivity contribution is 8.14. The van der Waals surface area contributed by atoms with Crippen molar-refractivity contribution in [2.24, 2.45) is 4.99 Å². The van der Waals surface area contributed by atoms with Gasteiger partial charge in [0.15, 0.2) is 5.17 Å².